The first kappa shape index (κ1) is 20.4. The van der Waals surface area contributed by atoms with E-state index >= 15 is 0 Å². The molecule has 3 heterocycles. The third-order valence-corrected chi connectivity index (χ3v) is 5.91. The fourth-order valence-electron chi connectivity index (χ4n) is 3.80. The Bertz CT molecular complexity index is 1190. The van der Waals surface area contributed by atoms with E-state index in [4.69, 9.17) is 5.14 Å². The first-order chi connectivity index (χ1) is 14.3. The highest BCUT2D eigenvalue weighted by Gasteiger charge is 2.31. The number of nitrogens with two attached hydrogens (primary N) is 1. The predicted octanol–water partition coefficient (Wildman–Crippen LogP) is 0.912. The molecule has 1 atom stereocenters. The summed E-state index contributed by atoms with van der Waals surface area (Å²) in [5, 5.41) is 14.3. The molecular weight excluding hydrogens is 406 g/mol. The second kappa shape index (κ2) is 8.09. The highest BCUT2D eigenvalue weighted by atomic mass is 32.2. The number of pyridine rings is 1. The maximum Gasteiger partial charge on any atom is 0.276 e. The van der Waals surface area contributed by atoms with E-state index in [0.29, 0.717) is 18.7 Å². The zero-order chi connectivity index (χ0) is 21.3. The smallest absolute Gasteiger partial charge is 0.276 e. The van der Waals surface area contributed by atoms with Crippen LogP contribution in [0.3, 0.4) is 0 Å². The number of hydrogen-bond acceptors (Lipinski definition) is 6. The van der Waals surface area contributed by atoms with Crippen molar-refractivity contribution < 1.29 is 13.2 Å². The van der Waals surface area contributed by atoms with Crippen molar-refractivity contribution in [1.29, 1.82) is 0 Å². The molecule has 1 aliphatic rings. The van der Waals surface area contributed by atoms with Crippen LogP contribution >= 0.6 is 0 Å². The van der Waals surface area contributed by atoms with E-state index in [1.807, 2.05) is 30.3 Å². The first-order valence-corrected chi connectivity index (χ1v) is 11.2. The number of aromatic nitrogens is 4. The maximum atomic E-state index is 13.2. The highest BCUT2D eigenvalue weighted by molar-refractivity contribution is 7.87. The third-order valence-electron chi connectivity index (χ3n) is 5.34. The van der Waals surface area contributed by atoms with Crippen LogP contribution in [0.1, 0.15) is 35.4 Å². The van der Waals surface area contributed by atoms with E-state index in [-0.39, 0.29) is 24.2 Å². The molecule has 2 aromatic heterocycles. The van der Waals surface area contributed by atoms with Gasteiger partial charge in [0.05, 0.1) is 16.9 Å². The highest BCUT2D eigenvalue weighted by Crippen LogP contribution is 2.22. The van der Waals surface area contributed by atoms with Crippen LogP contribution in [0.5, 0.6) is 0 Å². The monoisotopic (exact) mass is 429 g/mol. The van der Waals surface area contributed by atoms with Gasteiger partial charge in [0.1, 0.15) is 0 Å². The Balaban J connectivity index is 1.60. The van der Waals surface area contributed by atoms with Crippen LogP contribution in [-0.2, 0) is 10.2 Å². The molecule has 0 radical (unpaired) electrons. The SMILES string of the molecule is Cc1c(C(=O)N2CCCCC2CNS(N)(=O)=O)nnn1-c1ccc2ncccc2c1. The Morgan fingerprint density at radius 2 is 2.13 bits per heavy atom. The topological polar surface area (TPSA) is 136 Å². The minimum atomic E-state index is -3.82. The van der Waals surface area contributed by atoms with Gasteiger partial charge in [0.2, 0.25) is 0 Å². The van der Waals surface area contributed by atoms with E-state index in [9.17, 15) is 13.2 Å². The molecule has 3 N–H and O–H groups in total. The van der Waals surface area contributed by atoms with Crippen molar-refractivity contribution in [3.63, 3.8) is 0 Å². The van der Waals surface area contributed by atoms with Gasteiger partial charge in [0.15, 0.2) is 5.69 Å². The molecule has 0 aliphatic carbocycles. The van der Waals surface area contributed by atoms with Crippen molar-refractivity contribution in [2.24, 2.45) is 5.14 Å². The molecule has 1 fully saturated rings. The van der Waals surface area contributed by atoms with E-state index < -0.39 is 10.2 Å². The van der Waals surface area contributed by atoms with Crippen LogP contribution < -0.4 is 9.86 Å². The number of hydrogen-bond donors (Lipinski definition) is 2. The summed E-state index contributed by atoms with van der Waals surface area (Å²) in [6, 6.07) is 9.26. The molecule has 0 bridgehead atoms. The van der Waals surface area contributed by atoms with E-state index in [0.717, 1.165) is 29.4 Å². The number of nitrogens with zero attached hydrogens (tertiary/aromatic N) is 5. The number of likely N-dealkylation sites (tertiary alicyclic amines) is 1. The Morgan fingerprint density at radius 1 is 1.30 bits per heavy atom. The molecule has 1 unspecified atom stereocenters. The molecule has 3 aromatic rings. The van der Waals surface area contributed by atoms with Crippen molar-refractivity contribution in [3.05, 3.63) is 47.9 Å². The number of amides is 1. The Kier molecular flexibility index (Phi) is 5.50. The zero-order valence-corrected chi connectivity index (χ0v) is 17.3. The van der Waals surface area contributed by atoms with Gasteiger partial charge in [-0.1, -0.05) is 11.3 Å². The summed E-state index contributed by atoms with van der Waals surface area (Å²) < 4.78 is 26.4. The van der Waals surface area contributed by atoms with Crippen LogP contribution in [0.4, 0.5) is 0 Å². The fraction of sp³-hybridized carbons (Fsp3) is 0.368. The third kappa shape index (κ3) is 4.18. The summed E-state index contributed by atoms with van der Waals surface area (Å²) in [6.45, 7) is 2.40. The molecule has 4 rings (SSSR count). The molecule has 1 amide bonds. The number of carbonyl (C=O) groups excluding carboxylic acids is 1. The van der Waals surface area contributed by atoms with Crippen molar-refractivity contribution in [2.75, 3.05) is 13.1 Å². The molecule has 1 aromatic carbocycles. The summed E-state index contributed by atoms with van der Waals surface area (Å²) in [6.07, 6.45) is 4.19. The van der Waals surface area contributed by atoms with Crippen molar-refractivity contribution in [1.82, 2.24) is 29.6 Å². The van der Waals surface area contributed by atoms with Crippen LogP contribution in [0.25, 0.3) is 16.6 Å². The average molecular weight is 430 g/mol. The number of benzene rings is 1. The van der Waals surface area contributed by atoms with Gasteiger partial charge in [0.25, 0.3) is 16.1 Å². The van der Waals surface area contributed by atoms with Crippen LogP contribution in [0.15, 0.2) is 36.5 Å². The van der Waals surface area contributed by atoms with Gasteiger partial charge in [-0.25, -0.2) is 14.5 Å². The molecular formula is C19H23N7O3S. The quantitative estimate of drug-likeness (QED) is 0.619. The standard InChI is InChI=1S/C19H23N7O3S/c1-13-18(19(27)25-10-3-2-6-16(25)12-22-30(20,28)29)23-24-26(13)15-7-8-17-14(11-15)5-4-9-21-17/h4-5,7-9,11,16,22H,2-3,6,10,12H2,1H3,(H2,20,28,29). The Morgan fingerprint density at radius 3 is 2.93 bits per heavy atom. The van der Waals surface area contributed by atoms with Gasteiger partial charge >= 0.3 is 0 Å². The minimum Gasteiger partial charge on any atom is -0.333 e. The molecule has 0 saturated carbocycles. The Labute approximate surface area is 174 Å². The van der Waals surface area contributed by atoms with Crippen molar-refractivity contribution >= 4 is 27.0 Å². The average Bonchev–Trinajstić information content (AvgIpc) is 3.12. The van der Waals surface area contributed by atoms with Crippen LogP contribution in [0.2, 0.25) is 0 Å². The van der Waals surface area contributed by atoms with Gasteiger partial charge in [-0.2, -0.15) is 8.42 Å². The maximum absolute atomic E-state index is 13.2. The predicted molar refractivity (Wildman–Crippen MR) is 111 cm³/mol. The molecule has 1 saturated heterocycles. The summed E-state index contributed by atoms with van der Waals surface area (Å²) in [7, 11) is -3.82. The summed E-state index contributed by atoms with van der Waals surface area (Å²) in [4.78, 5) is 19.2. The largest absolute Gasteiger partial charge is 0.333 e. The van der Waals surface area contributed by atoms with Crippen molar-refractivity contribution in [2.45, 2.75) is 32.2 Å². The normalized spacial score (nSPS) is 17.4. The summed E-state index contributed by atoms with van der Waals surface area (Å²) >= 11 is 0. The lowest BCUT2D eigenvalue weighted by molar-refractivity contribution is 0.0611. The van der Waals surface area contributed by atoms with E-state index in [1.54, 1.807) is 22.7 Å². The lowest BCUT2D eigenvalue weighted by Gasteiger charge is -2.35. The Hall–Kier alpha value is -2.89. The number of piperidine rings is 1. The number of fused-ring (bicyclic) bond motifs is 1. The molecule has 1 aliphatic heterocycles. The number of nitrogens with one attached hydrogen (secondary N) is 1. The van der Waals surface area contributed by atoms with Crippen molar-refractivity contribution in [3.8, 4) is 5.69 Å². The lowest BCUT2D eigenvalue weighted by atomic mass is 10.0. The summed E-state index contributed by atoms with van der Waals surface area (Å²) in [5.74, 6) is -0.262. The fourth-order valence-corrected chi connectivity index (χ4v) is 4.22. The van der Waals surface area contributed by atoms with Crippen LogP contribution in [-0.4, -0.2) is 58.3 Å². The van der Waals surface area contributed by atoms with E-state index in [2.05, 4.69) is 20.0 Å². The van der Waals surface area contributed by atoms with Gasteiger partial charge in [-0.05, 0) is 50.5 Å². The lowest BCUT2D eigenvalue weighted by Crippen LogP contribution is -2.50. The molecule has 30 heavy (non-hydrogen) atoms. The minimum absolute atomic E-state index is 0.0788. The molecule has 0 spiro atoms. The number of carbonyl (C=O) groups is 1. The number of rotatable bonds is 5. The second-order valence-corrected chi connectivity index (χ2v) is 8.74. The van der Waals surface area contributed by atoms with Crippen LogP contribution in [0, 0.1) is 6.92 Å². The first-order valence-electron chi connectivity index (χ1n) is 9.69. The molecule has 10 nitrogen and oxygen atoms in total. The second-order valence-electron chi connectivity index (χ2n) is 7.36. The van der Waals surface area contributed by atoms with E-state index in [1.165, 1.54) is 0 Å². The van der Waals surface area contributed by atoms with Gasteiger partial charge in [-0.15, -0.1) is 5.10 Å². The van der Waals surface area contributed by atoms with Gasteiger partial charge in [0, 0.05) is 30.7 Å². The zero-order valence-electron chi connectivity index (χ0n) is 16.5. The summed E-state index contributed by atoms with van der Waals surface area (Å²) in [5.41, 5.74) is 2.52. The van der Waals surface area contributed by atoms with Gasteiger partial charge < -0.3 is 4.90 Å². The van der Waals surface area contributed by atoms with Gasteiger partial charge in [-0.3, -0.25) is 9.78 Å². The molecule has 11 heteroatoms. The molecule has 158 valence electrons.